The lowest BCUT2D eigenvalue weighted by Crippen LogP contribution is -2.34. The molecule has 3 nitrogen and oxygen atoms in total. The summed E-state index contributed by atoms with van der Waals surface area (Å²) in [7, 11) is -3.02. The predicted octanol–water partition coefficient (Wildman–Crippen LogP) is 6.91. The minimum absolute atomic E-state index is 0.0587. The molecule has 3 fully saturated rings. The first-order chi connectivity index (χ1) is 12.0. The van der Waals surface area contributed by atoms with Gasteiger partial charge in [-0.05, 0) is 94.3 Å². The molecule has 152 valence electrons. The van der Waals surface area contributed by atoms with E-state index in [4.69, 9.17) is 9.05 Å². The van der Waals surface area contributed by atoms with E-state index in [0.29, 0.717) is 22.9 Å². The molecular weight excluding hydrogens is 343 g/mol. The Morgan fingerprint density at radius 3 is 2.19 bits per heavy atom. The summed E-state index contributed by atoms with van der Waals surface area (Å²) in [6, 6.07) is 0. The van der Waals surface area contributed by atoms with Crippen molar-refractivity contribution in [2.45, 2.75) is 99.2 Å². The van der Waals surface area contributed by atoms with E-state index in [2.05, 4.69) is 20.8 Å². The van der Waals surface area contributed by atoms with Crippen molar-refractivity contribution in [3.05, 3.63) is 0 Å². The smallest absolute Gasteiger partial charge is 0.306 e. The minimum atomic E-state index is -3.02. The lowest BCUT2D eigenvalue weighted by Gasteiger charge is -2.42. The molecule has 0 aliphatic heterocycles. The van der Waals surface area contributed by atoms with E-state index in [1.807, 2.05) is 27.7 Å². The van der Waals surface area contributed by atoms with Crippen LogP contribution >= 0.6 is 7.60 Å². The van der Waals surface area contributed by atoms with Gasteiger partial charge < -0.3 is 9.05 Å². The maximum atomic E-state index is 13.3. The van der Waals surface area contributed by atoms with E-state index in [1.54, 1.807) is 0 Å². The van der Waals surface area contributed by atoms with Crippen LogP contribution < -0.4 is 0 Å². The number of hydrogen-bond donors (Lipinski definition) is 0. The maximum Gasteiger partial charge on any atom is 0.331 e. The molecule has 3 aliphatic rings. The van der Waals surface area contributed by atoms with Crippen molar-refractivity contribution < 1.29 is 13.6 Å². The lowest BCUT2D eigenvalue weighted by molar-refractivity contribution is 0.0795. The topological polar surface area (TPSA) is 35.5 Å². The molecule has 5 atom stereocenters. The fourth-order valence-electron chi connectivity index (χ4n) is 7.19. The molecule has 3 aliphatic carbocycles. The molecule has 4 heteroatoms. The predicted molar refractivity (Wildman–Crippen MR) is 108 cm³/mol. The van der Waals surface area contributed by atoms with Crippen molar-refractivity contribution in [2.24, 2.45) is 34.5 Å². The van der Waals surface area contributed by atoms with Crippen LogP contribution in [0.2, 0.25) is 0 Å². The first kappa shape index (κ1) is 20.9. The van der Waals surface area contributed by atoms with Gasteiger partial charge in [0.2, 0.25) is 0 Å². The van der Waals surface area contributed by atoms with Gasteiger partial charge in [-0.1, -0.05) is 27.2 Å². The molecule has 0 unspecified atom stereocenters. The van der Waals surface area contributed by atoms with Gasteiger partial charge in [0.15, 0.2) is 0 Å². The molecule has 0 aromatic rings. The number of rotatable bonds is 7. The first-order valence-corrected chi connectivity index (χ1v) is 12.7. The molecule has 0 amide bonds. The van der Waals surface area contributed by atoms with Crippen molar-refractivity contribution >= 4 is 7.60 Å². The fourth-order valence-corrected chi connectivity index (χ4v) is 9.32. The second-order valence-electron chi connectivity index (χ2n) is 10.8. The Morgan fingerprint density at radius 1 is 1.00 bits per heavy atom. The quantitative estimate of drug-likeness (QED) is 0.447. The average Bonchev–Trinajstić information content (AvgIpc) is 2.95. The van der Waals surface area contributed by atoms with Gasteiger partial charge in [0.05, 0.1) is 18.4 Å². The lowest BCUT2D eigenvalue weighted by atomic mass is 9.64. The zero-order chi connectivity index (χ0) is 19.3. The highest BCUT2D eigenvalue weighted by molar-refractivity contribution is 7.53. The highest BCUT2D eigenvalue weighted by Gasteiger charge is 2.64. The van der Waals surface area contributed by atoms with E-state index < -0.39 is 7.60 Å². The summed E-state index contributed by atoms with van der Waals surface area (Å²) in [6.07, 6.45) is 8.32. The standard InChI is InChI=1S/C22H41O3P/c1-15(2)24-26(23,25-16(3)4)14-11-18-17-9-10-19-20(17)21(5,6)12-8-13-22(18,19)7/h15-20H,8-14H2,1-7H3/t17-,18+,19-,20-,22-/m1/s1. The van der Waals surface area contributed by atoms with Gasteiger partial charge in [0.1, 0.15) is 0 Å². The van der Waals surface area contributed by atoms with E-state index in [1.165, 1.54) is 32.1 Å². The van der Waals surface area contributed by atoms with Gasteiger partial charge in [0.25, 0.3) is 0 Å². The molecule has 4 bridgehead atoms. The molecule has 3 saturated carbocycles. The summed E-state index contributed by atoms with van der Waals surface area (Å²) in [5.41, 5.74) is 0.896. The Bertz CT molecular complexity index is 542. The minimum Gasteiger partial charge on any atom is -0.306 e. The van der Waals surface area contributed by atoms with E-state index >= 15 is 0 Å². The molecule has 3 rings (SSSR count). The highest BCUT2D eigenvalue weighted by Crippen LogP contribution is 2.72. The van der Waals surface area contributed by atoms with Crippen molar-refractivity contribution in [1.29, 1.82) is 0 Å². The molecule has 0 radical (unpaired) electrons. The molecule has 0 aromatic carbocycles. The summed E-state index contributed by atoms with van der Waals surface area (Å²) in [6.45, 7) is 15.4. The Hall–Kier alpha value is 0.150. The van der Waals surface area contributed by atoms with Crippen molar-refractivity contribution in [3.63, 3.8) is 0 Å². The van der Waals surface area contributed by atoms with Crippen LogP contribution in [0.25, 0.3) is 0 Å². The van der Waals surface area contributed by atoms with Crippen LogP contribution in [0.4, 0.5) is 0 Å². The molecule has 0 N–H and O–H groups in total. The van der Waals surface area contributed by atoms with E-state index in [0.717, 1.165) is 24.2 Å². The van der Waals surface area contributed by atoms with Crippen LogP contribution in [-0.2, 0) is 13.6 Å². The van der Waals surface area contributed by atoms with Crippen molar-refractivity contribution in [1.82, 2.24) is 0 Å². The second-order valence-corrected chi connectivity index (χ2v) is 12.9. The Balaban J connectivity index is 1.78. The Kier molecular flexibility index (Phi) is 5.78. The van der Waals surface area contributed by atoms with Gasteiger partial charge in [-0.3, -0.25) is 4.57 Å². The number of hydrogen-bond acceptors (Lipinski definition) is 3. The summed E-state index contributed by atoms with van der Waals surface area (Å²) in [5.74, 6) is 3.22. The Labute approximate surface area is 161 Å². The van der Waals surface area contributed by atoms with Gasteiger partial charge in [-0.15, -0.1) is 0 Å². The van der Waals surface area contributed by atoms with Crippen molar-refractivity contribution in [2.75, 3.05) is 6.16 Å². The van der Waals surface area contributed by atoms with Crippen LogP contribution in [0.15, 0.2) is 0 Å². The van der Waals surface area contributed by atoms with E-state index in [9.17, 15) is 4.57 Å². The first-order valence-electron chi connectivity index (χ1n) is 10.9. The van der Waals surface area contributed by atoms with Crippen molar-refractivity contribution in [3.8, 4) is 0 Å². The average molecular weight is 385 g/mol. The largest absolute Gasteiger partial charge is 0.331 e. The van der Waals surface area contributed by atoms with E-state index in [-0.39, 0.29) is 12.2 Å². The maximum absolute atomic E-state index is 13.3. The third kappa shape index (κ3) is 3.70. The third-order valence-corrected chi connectivity index (χ3v) is 10.1. The summed E-state index contributed by atoms with van der Waals surface area (Å²) < 4.78 is 25.0. The molecule has 0 heterocycles. The summed E-state index contributed by atoms with van der Waals surface area (Å²) in [4.78, 5) is 0. The zero-order valence-electron chi connectivity index (χ0n) is 18.1. The van der Waals surface area contributed by atoms with Crippen LogP contribution in [0.1, 0.15) is 87.0 Å². The van der Waals surface area contributed by atoms with Crippen LogP contribution in [0.3, 0.4) is 0 Å². The normalized spacial score (nSPS) is 39.0. The molecule has 0 spiro atoms. The van der Waals surface area contributed by atoms with Gasteiger partial charge in [0, 0.05) is 0 Å². The van der Waals surface area contributed by atoms with Gasteiger partial charge in [-0.25, -0.2) is 0 Å². The molecule has 26 heavy (non-hydrogen) atoms. The summed E-state index contributed by atoms with van der Waals surface area (Å²) in [5, 5.41) is 0. The summed E-state index contributed by atoms with van der Waals surface area (Å²) >= 11 is 0. The van der Waals surface area contributed by atoms with Crippen LogP contribution in [0, 0.1) is 34.5 Å². The highest BCUT2D eigenvalue weighted by atomic mass is 31.2. The molecular formula is C22H41O3P. The monoisotopic (exact) mass is 384 g/mol. The van der Waals surface area contributed by atoms with Gasteiger partial charge >= 0.3 is 7.60 Å². The second kappa shape index (κ2) is 7.20. The zero-order valence-corrected chi connectivity index (χ0v) is 19.0. The van der Waals surface area contributed by atoms with Crippen LogP contribution in [-0.4, -0.2) is 18.4 Å². The fraction of sp³-hybridized carbons (Fsp3) is 1.00. The molecule has 0 aromatic heterocycles. The molecule has 0 saturated heterocycles. The van der Waals surface area contributed by atoms with Crippen LogP contribution in [0.5, 0.6) is 0 Å². The Morgan fingerprint density at radius 2 is 1.62 bits per heavy atom. The third-order valence-electron chi connectivity index (χ3n) is 7.81. The SMILES string of the molecule is CC(C)OP(=O)(CC[C@H]1[C@H]2CC[C@@H]3[C@@H]2C(C)(C)CCC[C@@]31C)OC(C)C. The van der Waals surface area contributed by atoms with Gasteiger partial charge in [-0.2, -0.15) is 0 Å².